The second-order valence-corrected chi connectivity index (χ2v) is 5.52. The van der Waals surface area contributed by atoms with Crippen LogP contribution in [0.1, 0.15) is 23.2 Å². The first kappa shape index (κ1) is 18.1. The molecule has 0 bridgehead atoms. The van der Waals surface area contributed by atoms with Crippen molar-refractivity contribution in [3.05, 3.63) is 22.2 Å². The number of carbonyl (C=O) groups is 1. The Morgan fingerprint density at radius 3 is 2.76 bits per heavy atom. The van der Waals surface area contributed by atoms with E-state index in [0.29, 0.717) is 29.6 Å². The maximum Gasteiger partial charge on any atom is 0.258 e. The minimum absolute atomic E-state index is 0. The molecule has 7 heteroatoms. The number of benzene rings is 1. The van der Waals surface area contributed by atoms with Crippen LogP contribution in [0.5, 0.6) is 11.5 Å². The van der Waals surface area contributed by atoms with Crippen molar-refractivity contribution in [1.82, 2.24) is 10.6 Å². The van der Waals surface area contributed by atoms with Crippen molar-refractivity contribution in [3.8, 4) is 11.5 Å². The van der Waals surface area contributed by atoms with Gasteiger partial charge in [-0.3, -0.25) is 4.79 Å². The first-order valence-corrected chi connectivity index (χ1v) is 7.38. The molecule has 2 N–H and O–H groups in total. The third-order valence-corrected chi connectivity index (χ3v) is 4.02. The number of nitrogens with one attached hydrogen (secondary N) is 2. The highest BCUT2D eigenvalue weighted by molar-refractivity contribution is 9.10. The summed E-state index contributed by atoms with van der Waals surface area (Å²) in [6, 6.07) is 3.89. The van der Waals surface area contributed by atoms with Gasteiger partial charge in [0.1, 0.15) is 17.1 Å². The van der Waals surface area contributed by atoms with E-state index in [1.54, 1.807) is 12.1 Å². The van der Waals surface area contributed by atoms with Gasteiger partial charge >= 0.3 is 0 Å². The van der Waals surface area contributed by atoms with Crippen LogP contribution in [0.15, 0.2) is 16.6 Å². The Labute approximate surface area is 139 Å². The Bertz CT molecular complexity index is 493. The topological polar surface area (TPSA) is 59.6 Å². The predicted octanol–water partition coefficient (Wildman–Crippen LogP) is 2.37. The summed E-state index contributed by atoms with van der Waals surface area (Å²) in [5.41, 5.74) is 0.419. The summed E-state index contributed by atoms with van der Waals surface area (Å²) in [7, 11) is 3.08. The Balaban J connectivity index is 0.00000220. The van der Waals surface area contributed by atoms with Gasteiger partial charge in [0.15, 0.2) is 0 Å². The van der Waals surface area contributed by atoms with Gasteiger partial charge in [0.2, 0.25) is 0 Å². The molecule has 1 aromatic carbocycles. The van der Waals surface area contributed by atoms with Crippen LogP contribution in [0.3, 0.4) is 0 Å². The first-order valence-electron chi connectivity index (χ1n) is 6.59. The molecule has 1 saturated heterocycles. The zero-order chi connectivity index (χ0) is 14.5. The largest absolute Gasteiger partial charge is 0.496 e. The average molecular weight is 380 g/mol. The Hall–Kier alpha value is -0.980. The molecule has 1 aromatic rings. The molecule has 1 unspecified atom stereocenters. The quantitative estimate of drug-likeness (QED) is 0.824. The molecule has 118 valence electrons. The number of hydrogen-bond donors (Lipinski definition) is 2. The molecule has 0 saturated carbocycles. The summed E-state index contributed by atoms with van der Waals surface area (Å²) >= 11 is 3.38. The number of methoxy groups -OCH3 is 2. The van der Waals surface area contributed by atoms with E-state index in [2.05, 4.69) is 26.6 Å². The number of halogens is 2. The lowest BCUT2D eigenvalue weighted by molar-refractivity contribution is 0.0944. The van der Waals surface area contributed by atoms with Gasteiger partial charge in [0, 0.05) is 12.6 Å². The maximum atomic E-state index is 12.4. The molecule has 5 nitrogen and oxygen atoms in total. The van der Waals surface area contributed by atoms with E-state index < -0.39 is 0 Å². The van der Waals surface area contributed by atoms with E-state index in [1.807, 2.05) is 0 Å². The summed E-state index contributed by atoms with van der Waals surface area (Å²) in [6.07, 6.45) is 2.25. The van der Waals surface area contributed by atoms with Crippen LogP contribution in [0.2, 0.25) is 0 Å². The fourth-order valence-corrected chi connectivity index (χ4v) is 2.85. The molecule has 1 heterocycles. The lowest BCUT2D eigenvalue weighted by Gasteiger charge is -2.16. The Morgan fingerprint density at radius 1 is 1.43 bits per heavy atom. The monoisotopic (exact) mass is 378 g/mol. The molecule has 1 amide bonds. The smallest absolute Gasteiger partial charge is 0.258 e. The molecule has 1 atom stereocenters. The van der Waals surface area contributed by atoms with Crippen LogP contribution < -0.4 is 20.1 Å². The van der Waals surface area contributed by atoms with Crippen molar-refractivity contribution < 1.29 is 14.3 Å². The maximum absolute atomic E-state index is 12.4. The highest BCUT2D eigenvalue weighted by Crippen LogP contribution is 2.35. The molecular formula is C14H20BrClN2O3. The third kappa shape index (κ3) is 4.25. The zero-order valence-electron chi connectivity index (χ0n) is 12.1. The lowest BCUT2D eigenvalue weighted by Crippen LogP contribution is -2.37. The minimum atomic E-state index is -0.186. The number of amides is 1. The highest BCUT2D eigenvalue weighted by atomic mass is 79.9. The summed E-state index contributed by atoms with van der Waals surface area (Å²) in [4.78, 5) is 12.4. The van der Waals surface area contributed by atoms with E-state index in [-0.39, 0.29) is 18.3 Å². The Morgan fingerprint density at radius 2 is 2.19 bits per heavy atom. The molecule has 1 fully saturated rings. The summed E-state index contributed by atoms with van der Waals surface area (Å²) in [5, 5.41) is 6.28. The van der Waals surface area contributed by atoms with Crippen LogP contribution in [-0.4, -0.2) is 39.3 Å². The molecule has 1 aliphatic rings. The number of ether oxygens (including phenoxy) is 2. The van der Waals surface area contributed by atoms with Gasteiger partial charge in [-0.2, -0.15) is 0 Å². The first-order chi connectivity index (χ1) is 9.67. The van der Waals surface area contributed by atoms with Crippen molar-refractivity contribution in [2.24, 2.45) is 0 Å². The van der Waals surface area contributed by atoms with E-state index >= 15 is 0 Å². The van der Waals surface area contributed by atoms with Gasteiger partial charge in [-0.15, -0.1) is 12.4 Å². The zero-order valence-corrected chi connectivity index (χ0v) is 14.5. The predicted molar refractivity (Wildman–Crippen MR) is 87.9 cm³/mol. The van der Waals surface area contributed by atoms with Gasteiger partial charge in [-0.05, 0) is 47.4 Å². The van der Waals surface area contributed by atoms with Crippen LogP contribution in [0, 0.1) is 0 Å². The van der Waals surface area contributed by atoms with Gasteiger partial charge in [-0.25, -0.2) is 0 Å². The number of hydrogen-bond acceptors (Lipinski definition) is 4. The molecule has 0 aliphatic carbocycles. The van der Waals surface area contributed by atoms with E-state index in [4.69, 9.17) is 9.47 Å². The van der Waals surface area contributed by atoms with Crippen molar-refractivity contribution in [1.29, 1.82) is 0 Å². The molecule has 0 aromatic heterocycles. The highest BCUT2D eigenvalue weighted by Gasteiger charge is 2.22. The van der Waals surface area contributed by atoms with Gasteiger partial charge in [-0.1, -0.05) is 0 Å². The SMILES string of the molecule is COc1ccc(Br)c(OC)c1C(=O)NCC1CCCN1.Cl. The standard InChI is InChI=1S/C14H19BrN2O3.ClH/c1-19-11-6-5-10(15)13(20-2)12(11)14(18)17-8-9-4-3-7-16-9;/h5-6,9,16H,3-4,7-8H2,1-2H3,(H,17,18);1H. The number of rotatable bonds is 5. The fourth-order valence-electron chi connectivity index (χ4n) is 2.36. The minimum Gasteiger partial charge on any atom is -0.496 e. The molecular weight excluding hydrogens is 360 g/mol. The van der Waals surface area contributed by atoms with Crippen LogP contribution in [-0.2, 0) is 0 Å². The Kier molecular flexibility index (Phi) is 7.28. The summed E-state index contributed by atoms with van der Waals surface area (Å²) < 4.78 is 11.3. The van der Waals surface area contributed by atoms with Crippen LogP contribution in [0.25, 0.3) is 0 Å². The van der Waals surface area contributed by atoms with Crippen molar-refractivity contribution in [2.45, 2.75) is 18.9 Å². The summed E-state index contributed by atoms with van der Waals surface area (Å²) in [5.74, 6) is 0.803. The van der Waals surface area contributed by atoms with Crippen LogP contribution in [0.4, 0.5) is 0 Å². The van der Waals surface area contributed by atoms with Crippen molar-refractivity contribution in [2.75, 3.05) is 27.3 Å². The normalized spacial score (nSPS) is 17.0. The van der Waals surface area contributed by atoms with Gasteiger partial charge < -0.3 is 20.1 Å². The van der Waals surface area contributed by atoms with E-state index in [0.717, 1.165) is 23.9 Å². The molecule has 0 radical (unpaired) electrons. The third-order valence-electron chi connectivity index (χ3n) is 3.39. The van der Waals surface area contributed by atoms with E-state index in [1.165, 1.54) is 14.2 Å². The second kappa shape index (κ2) is 8.46. The van der Waals surface area contributed by atoms with E-state index in [9.17, 15) is 4.79 Å². The molecule has 0 spiro atoms. The lowest BCUT2D eigenvalue weighted by atomic mass is 10.1. The number of carbonyl (C=O) groups excluding carboxylic acids is 1. The van der Waals surface area contributed by atoms with Crippen LogP contribution >= 0.6 is 28.3 Å². The van der Waals surface area contributed by atoms with Crippen molar-refractivity contribution in [3.63, 3.8) is 0 Å². The fraction of sp³-hybridized carbons (Fsp3) is 0.500. The molecule has 21 heavy (non-hydrogen) atoms. The summed E-state index contributed by atoms with van der Waals surface area (Å²) in [6.45, 7) is 1.63. The molecule has 1 aliphatic heterocycles. The average Bonchev–Trinajstić information content (AvgIpc) is 2.97. The molecule has 2 rings (SSSR count). The second-order valence-electron chi connectivity index (χ2n) is 4.66. The van der Waals surface area contributed by atoms with Gasteiger partial charge in [0.05, 0.1) is 18.7 Å². The van der Waals surface area contributed by atoms with Crippen molar-refractivity contribution >= 4 is 34.2 Å². The van der Waals surface area contributed by atoms with Gasteiger partial charge in [0.25, 0.3) is 5.91 Å².